The van der Waals surface area contributed by atoms with Crippen molar-refractivity contribution in [1.29, 1.82) is 0 Å². The van der Waals surface area contributed by atoms with Gasteiger partial charge in [0.15, 0.2) is 0 Å². The number of aromatic nitrogens is 2. The number of nitrogens with zero attached hydrogens (tertiary/aromatic N) is 2. The van der Waals surface area contributed by atoms with E-state index in [4.69, 9.17) is 0 Å². The molecule has 1 heterocycles. The molecule has 1 aliphatic rings. The van der Waals surface area contributed by atoms with E-state index in [0.717, 1.165) is 17.1 Å². The predicted molar refractivity (Wildman–Crippen MR) is 52.2 cm³/mol. The van der Waals surface area contributed by atoms with Crippen LogP contribution in [0.2, 0.25) is 0 Å². The fraction of sp³-hybridized carbons (Fsp3) is 0.667. The Morgan fingerprint density at radius 2 is 2.42 bits per heavy atom. The molecule has 3 heteroatoms. The van der Waals surface area contributed by atoms with E-state index in [2.05, 4.69) is 38.6 Å². The van der Waals surface area contributed by atoms with Crippen molar-refractivity contribution in [3.05, 3.63) is 16.6 Å². The molecule has 12 heavy (non-hydrogen) atoms. The Hall–Kier alpha value is -0.310. The van der Waals surface area contributed by atoms with Crippen LogP contribution in [0, 0.1) is 0 Å². The quantitative estimate of drug-likeness (QED) is 0.762. The third kappa shape index (κ3) is 1.30. The van der Waals surface area contributed by atoms with Gasteiger partial charge in [-0.3, -0.25) is 0 Å². The monoisotopic (exact) mass is 228 g/mol. The maximum absolute atomic E-state index is 4.41. The molecule has 0 saturated heterocycles. The van der Waals surface area contributed by atoms with Crippen molar-refractivity contribution in [3.63, 3.8) is 0 Å². The Kier molecular flexibility index (Phi) is 2.22. The number of halogens is 1. The second kappa shape index (κ2) is 3.21. The van der Waals surface area contributed by atoms with E-state index in [1.54, 1.807) is 0 Å². The first-order chi connectivity index (χ1) is 5.81. The molecule has 2 nitrogen and oxygen atoms in total. The van der Waals surface area contributed by atoms with Crippen molar-refractivity contribution >= 4 is 15.9 Å². The van der Waals surface area contributed by atoms with E-state index in [1.165, 1.54) is 25.1 Å². The van der Waals surface area contributed by atoms with Gasteiger partial charge in [-0.2, -0.15) is 0 Å². The second-order valence-corrected chi connectivity index (χ2v) is 4.14. The van der Waals surface area contributed by atoms with Crippen molar-refractivity contribution in [1.82, 2.24) is 9.55 Å². The lowest BCUT2D eigenvalue weighted by Crippen LogP contribution is -2.18. The zero-order valence-corrected chi connectivity index (χ0v) is 8.84. The molecule has 2 rings (SSSR count). The highest BCUT2D eigenvalue weighted by Crippen LogP contribution is 2.33. The average molecular weight is 229 g/mol. The molecule has 0 unspecified atom stereocenters. The zero-order chi connectivity index (χ0) is 8.55. The maximum atomic E-state index is 4.41. The number of imidazole rings is 1. The topological polar surface area (TPSA) is 17.8 Å². The molecule has 0 radical (unpaired) electrons. The Morgan fingerprint density at radius 3 is 2.92 bits per heavy atom. The van der Waals surface area contributed by atoms with E-state index in [-0.39, 0.29) is 0 Å². The molecule has 66 valence electrons. The van der Waals surface area contributed by atoms with Crippen molar-refractivity contribution in [2.75, 3.05) is 0 Å². The van der Waals surface area contributed by atoms with Crippen LogP contribution in [-0.4, -0.2) is 9.55 Å². The lowest BCUT2D eigenvalue weighted by Gasteiger charge is -2.28. The molecule has 1 aliphatic carbocycles. The van der Waals surface area contributed by atoms with Crippen LogP contribution >= 0.6 is 15.9 Å². The van der Waals surface area contributed by atoms with Gasteiger partial charge < -0.3 is 4.57 Å². The van der Waals surface area contributed by atoms with Crippen LogP contribution in [-0.2, 0) is 6.42 Å². The van der Waals surface area contributed by atoms with Crippen LogP contribution in [0.4, 0.5) is 0 Å². The number of hydrogen-bond donors (Lipinski definition) is 0. The maximum Gasteiger partial charge on any atom is 0.124 e. The molecule has 0 spiro atoms. The normalized spacial score (nSPS) is 17.8. The van der Waals surface area contributed by atoms with E-state index >= 15 is 0 Å². The molecule has 0 bridgehead atoms. The summed E-state index contributed by atoms with van der Waals surface area (Å²) < 4.78 is 3.30. The van der Waals surface area contributed by atoms with Gasteiger partial charge in [-0.15, -0.1) is 0 Å². The van der Waals surface area contributed by atoms with Crippen molar-refractivity contribution < 1.29 is 0 Å². The summed E-state index contributed by atoms with van der Waals surface area (Å²) >= 11 is 3.41. The summed E-state index contributed by atoms with van der Waals surface area (Å²) in [6.45, 7) is 2.16. The highest BCUT2D eigenvalue weighted by Gasteiger charge is 2.21. The molecule has 0 aliphatic heterocycles. The van der Waals surface area contributed by atoms with Gasteiger partial charge in [-0.1, -0.05) is 6.92 Å². The van der Waals surface area contributed by atoms with Crippen LogP contribution in [0.5, 0.6) is 0 Å². The van der Waals surface area contributed by atoms with Gasteiger partial charge in [-0.05, 0) is 35.2 Å². The van der Waals surface area contributed by atoms with Gasteiger partial charge in [0.05, 0.1) is 0 Å². The Morgan fingerprint density at radius 1 is 1.67 bits per heavy atom. The number of rotatable bonds is 2. The summed E-state index contributed by atoms with van der Waals surface area (Å²) in [6, 6.07) is 0.735. The predicted octanol–water partition coefficient (Wildman–Crippen LogP) is 2.93. The SMILES string of the molecule is CCc1nc(Br)cn1C1CCC1. The van der Waals surface area contributed by atoms with E-state index < -0.39 is 0 Å². The largest absolute Gasteiger partial charge is 0.331 e. The fourth-order valence-electron chi connectivity index (χ4n) is 1.64. The summed E-state index contributed by atoms with van der Waals surface area (Å²) in [6.07, 6.45) is 7.18. The van der Waals surface area contributed by atoms with Gasteiger partial charge in [0.2, 0.25) is 0 Å². The van der Waals surface area contributed by atoms with Crippen molar-refractivity contribution in [2.45, 2.75) is 38.6 Å². The molecule has 0 atom stereocenters. The Balaban J connectivity index is 2.27. The van der Waals surface area contributed by atoms with Crippen molar-refractivity contribution in [3.8, 4) is 0 Å². The molecule has 0 N–H and O–H groups in total. The molecular weight excluding hydrogens is 216 g/mol. The van der Waals surface area contributed by atoms with Gasteiger partial charge in [0, 0.05) is 18.7 Å². The van der Waals surface area contributed by atoms with Crippen LogP contribution in [0.1, 0.15) is 38.1 Å². The second-order valence-electron chi connectivity index (χ2n) is 3.33. The number of hydrogen-bond acceptors (Lipinski definition) is 1. The van der Waals surface area contributed by atoms with Gasteiger partial charge in [0.1, 0.15) is 10.4 Å². The van der Waals surface area contributed by atoms with Crippen LogP contribution in [0.3, 0.4) is 0 Å². The Bertz CT molecular complexity index is 276. The van der Waals surface area contributed by atoms with Crippen molar-refractivity contribution in [2.24, 2.45) is 0 Å². The first kappa shape index (κ1) is 8.30. The van der Waals surface area contributed by atoms with Crippen LogP contribution in [0.25, 0.3) is 0 Å². The smallest absolute Gasteiger partial charge is 0.124 e. The summed E-state index contributed by atoms with van der Waals surface area (Å²) in [5.74, 6) is 1.21. The highest BCUT2D eigenvalue weighted by atomic mass is 79.9. The molecule has 1 fully saturated rings. The van der Waals surface area contributed by atoms with Gasteiger partial charge in [0.25, 0.3) is 0 Å². The standard InChI is InChI=1S/C9H13BrN2/c1-2-9-11-8(10)6-12(9)7-4-3-5-7/h6-7H,2-5H2,1H3. The molecule has 1 aromatic rings. The summed E-state index contributed by atoms with van der Waals surface area (Å²) in [7, 11) is 0. The molecular formula is C9H13BrN2. The summed E-state index contributed by atoms with van der Waals surface area (Å²) in [4.78, 5) is 4.41. The fourth-order valence-corrected chi connectivity index (χ4v) is 2.07. The highest BCUT2D eigenvalue weighted by molar-refractivity contribution is 9.10. The summed E-state index contributed by atoms with van der Waals surface area (Å²) in [5.41, 5.74) is 0. The number of aryl methyl sites for hydroxylation is 1. The van der Waals surface area contributed by atoms with Gasteiger partial charge >= 0.3 is 0 Å². The third-order valence-corrected chi connectivity index (χ3v) is 2.95. The van der Waals surface area contributed by atoms with Crippen LogP contribution in [0.15, 0.2) is 10.8 Å². The van der Waals surface area contributed by atoms with Crippen LogP contribution < -0.4 is 0 Å². The molecule has 0 amide bonds. The average Bonchev–Trinajstić information content (AvgIpc) is 2.27. The third-order valence-electron chi connectivity index (χ3n) is 2.56. The first-order valence-electron chi connectivity index (χ1n) is 4.54. The van der Waals surface area contributed by atoms with Gasteiger partial charge in [-0.25, -0.2) is 4.98 Å². The molecule has 0 aromatic carbocycles. The first-order valence-corrected chi connectivity index (χ1v) is 5.34. The minimum Gasteiger partial charge on any atom is -0.331 e. The minimum atomic E-state index is 0.735. The zero-order valence-electron chi connectivity index (χ0n) is 7.26. The van der Waals surface area contributed by atoms with E-state index in [9.17, 15) is 0 Å². The molecule has 1 aromatic heterocycles. The van der Waals surface area contributed by atoms with E-state index in [1.807, 2.05) is 0 Å². The summed E-state index contributed by atoms with van der Waals surface area (Å²) in [5, 5.41) is 0. The minimum absolute atomic E-state index is 0.735. The lowest BCUT2D eigenvalue weighted by atomic mass is 9.93. The lowest BCUT2D eigenvalue weighted by molar-refractivity contribution is 0.306. The Labute approximate surface area is 81.1 Å². The van der Waals surface area contributed by atoms with E-state index in [0.29, 0.717) is 0 Å². The molecule has 1 saturated carbocycles.